The summed E-state index contributed by atoms with van der Waals surface area (Å²) in [5.74, 6) is -0.673. The third-order valence-corrected chi connectivity index (χ3v) is 7.56. The van der Waals surface area contributed by atoms with E-state index in [2.05, 4.69) is 10.4 Å². The van der Waals surface area contributed by atoms with Gasteiger partial charge in [-0.05, 0) is 43.7 Å². The zero-order valence-electron chi connectivity index (χ0n) is 17.8. The topological polar surface area (TPSA) is 93.9 Å². The highest BCUT2D eigenvalue weighted by Gasteiger charge is 2.32. The molecule has 5 rings (SSSR count). The predicted molar refractivity (Wildman–Crippen MR) is 124 cm³/mol. The molecule has 1 aliphatic heterocycles. The highest BCUT2D eigenvalue weighted by Crippen LogP contribution is 2.32. The smallest absolute Gasteiger partial charge is 0.256 e. The van der Waals surface area contributed by atoms with Crippen molar-refractivity contribution < 1.29 is 17.6 Å². The van der Waals surface area contributed by atoms with Crippen LogP contribution in [0, 0.1) is 12.7 Å². The van der Waals surface area contributed by atoms with Gasteiger partial charge in [0.15, 0.2) is 15.5 Å². The fraction of sp³-hybridized carbons (Fsp3) is 0.208. The second kappa shape index (κ2) is 8.08. The monoisotopic (exact) mass is 464 g/mol. The molecule has 0 saturated carbocycles. The van der Waals surface area contributed by atoms with Gasteiger partial charge in [-0.2, -0.15) is 5.10 Å². The minimum absolute atomic E-state index is 0.00241. The molecule has 1 atom stereocenters. The van der Waals surface area contributed by atoms with E-state index in [1.165, 1.54) is 24.3 Å². The molecule has 1 fully saturated rings. The second-order valence-corrected chi connectivity index (χ2v) is 10.4. The summed E-state index contributed by atoms with van der Waals surface area (Å²) in [6.45, 7) is 1.78. The van der Waals surface area contributed by atoms with Crippen LogP contribution in [-0.2, 0) is 9.84 Å². The third-order valence-electron chi connectivity index (χ3n) is 5.81. The number of amides is 1. The number of nitrogens with zero attached hydrogens (tertiary/aromatic N) is 3. The van der Waals surface area contributed by atoms with Crippen molar-refractivity contribution in [1.82, 2.24) is 14.8 Å². The summed E-state index contributed by atoms with van der Waals surface area (Å²) < 4.78 is 39.1. The summed E-state index contributed by atoms with van der Waals surface area (Å²) in [6.07, 6.45) is 0.451. The summed E-state index contributed by atoms with van der Waals surface area (Å²) in [6, 6.07) is 16.3. The van der Waals surface area contributed by atoms with Crippen LogP contribution in [0.3, 0.4) is 0 Å². The van der Waals surface area contributed by atoms with Gasteiger partial charge < -0.3 is 5.32 Å². The molecule has 9 heteroatoms. The molecule has 2 aromatic carbocycles. The number of carbonyl (C=O) groups excluding carboxylic acids is 1. The number of rotatable bonds is 4. The van der Waals surface area contributed by atoms with Gasteiger partial charge in [0.2, 0.25) is 0 Å². The van der Waals surface area contributed by atoms with Crippen LogP contribution in [0.25, 0.3) is 22.3 Å². The zero-order valence-corrected chi connectivity index (χ0v) is 18.6. The summed E-state index contributed by atoms with van der Waals surface area (Å²) in [7, 11) is -3.13. The van der Waals surface area contributed by atoms with E-state index >= 15 is 0 Å². The zero-order chi connectivity index (χ0) is 23.2. The lowest BCUT2D eigenvalue weighted by atomic mass is 10.0. The number of carbonyl (C=O) groups is 1. The second-order valence-electron chi connectivity index (χ2n) is 8.17. The average Bonchev–Trinajstić information content (AvgIpc) is 3.34. The number of hydrogen-bond donors (Lipinski definition) is 1. The fourth-order valence-electron chi connectivity index (χ4n) is 4.20. The van der Waals surface area contributed by atoms with Gasteiger partial charge in [-0.3, -0.25) is 4.79 Å². The van der Waals surface area contributed by atoms with Crippen molar-refractivity contribution in [2.45, 2.75) is 19.4 Å². The minimum atomic E-state index is -3.13. The third kappa shape index (κ3) is 4.11. The van der Waals surface area contributed by atoms with Gasteiger partial charge in [-0.1, -0.05) is 30.3 Å². The van der Waals surface area contributed by atoms with Crippen LogP contribution in [0.2, 0.25) is 0 Å². The van der Waals surface area contributed by atoms with E-state index in [1.54, 1.807) is 17.7 Å². The van der Waals surface area contributed by atoms with E-state index in [0.29, 0.717) is 40.1 Å². The van der Waals surface area contributed by atoms with E-state index in [1.807, 2.05) is 30.3 Å². The predicted octanol–water partition coefficient (Wildman–Crippen LogP) is 4.16. The summed E-state index contributed by atoms with van der Waals surface area (Å²) in [4.78, 5) is 18.1. The number of nitrogens with one attached hydrogen (secondary N) is 1. The Morgan fingerprint density at radius 2 is 1.85 bits per heavy atom. The van der Waals surface area contributed by atoms with Crippen molar-refractivity contribution >= 4 is 32.5 Å². The highest BCUT2D eigenvalue weighted by molar-refractivity contribution is 7.91. The number of fused-ring (bicyclic) bond motifs is 1. The van der Waals surface area contributed by atoms with Crippen molar-refractivity contribution in [3.63, 3.8) is 0 Å². The van der Waals surface area contributed by atoms with Gasteiger partial charge in [0.05, 0.1) is 39.9 Å². The molecule has 0 spiro atoms. The van der Waals surface area contributed by atoms with Crippen LogP contribution in [0.5, 0.6) is 0 Å². The van der Waals surface area contributed by atoms with E-state index in [4.69, 9.17) is 4.98 Å². The van der Waals surface area contributed by atoms with E-state index in [-0.39, 0.29) is 23.5 Å². The van der Waals surface area contributed by atoms with Crippen LogP contribution in [0.15, 0.2) is 60.7 Å². The Morgan fingerprint density at radius 3 is 2.52 bits per heavy atom. The first kappa shape index (κ1) is 21.3. The molecule has 2 aromatic heterocycles. The Balaban J connectivity index is 1.67. The average molecular weight is 465 g/mol. The lowest BCUT2D eigenvalue weighted by Crippen LogP contribution is -2.15. The number of benzene rings is 2. The maximum absolute atomic E-state index is 13.3. The first-order chi connectivity index (χ1) is 15.8. The Hall–Kier alpha value is -3.59. The van der Waals surface area contributed by atoms with Crippen molar-refractivity contribution in [3.8, 4) is 11.3 Å². The summed E-state index contributed by atoms with van der Waals surface area (Å²) in [5.41, 5.74) is 3.28. The van der Waals surface area contributed by atoms with E-state index in [0.717, 1.165) is 5.56 Å². The molecule has 0 aliphatic carbocycles. The van der Waals surface area contributed by atoms with E-state index in [9.17, 15) is 17.6 Å². The van der Waals surface area contributed by atoms with Crippen molar-refractivity contribution in [3.05, 3.63) is 77.7 Å². The Kier molecular flexibility index (Phi) is 5.20. The van der Waals surface area contributed by atoms with Crippen molar-refractivity contribution in [2.24, 2.45) is 0 Å². The lowest BCUT2D eigenvalue weighted by molar-refractivity contribution is 0.102. The molecular weight excluding hydrogens is 443 g/mol. The standard InChI is InChI=1S/C24H21FN4O3S/c1-15-22-20(24(30)26-18-9-7-17(25)8-10-18)13-21(16-5-3-2-4-6-16)27-23(22)29(28-15)19-11-12-33(31,32)14-19/h2-10,13,19H,11-12,14H2,1H3,(H,26,30). The molecule has 3 heterocycles. The Bertz CT molecular complexity index is 1470. The maximum Gasteiger partial charge on any atom is 0.256 e. The molecular formula is C24H21FN4O3S. The Morgan fingerprint density at radius 1 is 1.12 bits per heavy atom. The molecule has 0 radical (unpaired) electrons. The first-order valence-electron chi connectivity index (χ1n) is 10.5. The number of pyridine rings is 1. The largest absolute Gasteiger partial charge is 0.322 e. The SMILES string of the molecule is Cc1nn(C2CCS(=O)(=O)C2)c2nc(-c3ccccc3)cc(C(=O)Nc3ccc(F)cc3)c12. The quantitative estimate of drug-likeness (QED) is 0.490. The molecule has 1 saturated heterocycles. The van der Waals surface area contributed by atoms with Gasteiger partial charge in [-0.25, -0.2) is 22.5 Å². The summed E-state index contributed by atoms with van der Waals surface area (Å²) >= 11 is 0. The van der Waals surface area contributed by atoms with Crippen LogP contribution in [-0.4, -0.2) is 40.6 Å². The summed E-state index contributed by atoms with van der Waals surface area (Å²) in [5, 5.41) is 7.97. The van der Waals surface area contributed by atoms with Gasteiger partial charge in [0.25, 0.3) is 5.91 Å². The maximum atomic E-state index is 13.3. The van der Waals surface area contributed by atoms with Crippen LogP contribution < -0.4 is 5.32 Å². The van der Waals surface area contributed by atoms with Gasteiger partial charge in [0, 0.05) is 11.3 Å². The number of anilines is 1. The number of aryl methyl sites for hydroxylation is 1. The molecule has 1 unspecified atom stereocenters. The van der Waals surface area contributed by atoms with Crippen LogP contribution >= 0.6 is 0 Å². The number of halogens is 1. The Labute approximate surface area is 190 Å². The van der Waals surface area contributed by atoms with Crippen LogP contribution in [0.4, 0.5) is 10.1 Å². The van der Waals surface area contributed by atoms with Gasteiger partial charge in [-0.15, -0.1) is 0 Å². The van der Waals surface area contributed by atoms with Gasteiger partial charge >= 0.3 is 0 Å². The molecule has 7 nitrogen and oxygen atoms in total. The number of hydrogen-bond acceptors (Lipinski definition) is 5. The molecule has 4 aromatic rings. The lowest BCUT2D eigenvalue weighted by Gasteiger charge is -2.12. The number of sulfone groups is 1. The molecule has 1 N–H and O–H groups in total. The molecule has 168 valence electrons. The fourth-order valence-corrected chi connectivity index (χ4v) is 5.90. The van der Waals surface area contributed by atoms with Crippen LogP contribution in [0.1, 0.15) is 28.5 Å². The molecule has 33 heavy (non-hydrogen) atoms. The van der Waals surface area contributed by atoms with E-state index < -0.39 is 15.7 Å². The highest BCUT2D eigenvalue weighted by atomic mass is 32.2. The normalized spacial score (nSPS) is 17.3. The molecule has 1 aliphatic rings. The molecule has 1 amide bonds. The van der Waals surface area contributed by atoms with Gasteiger partial charge in [0.1, 0.15) is 5.82 Å². The van der Waals surface area contributed by atoms with Crippen molar-refractivity contribution in [1.29, 1.82) is 0 Å². The van der Waals surface area contributed by atoms with Crippen molar-refractivity contribution in [2.75, 3.05) is 16.8 Å². The first-order valence-corrected chi connectivity index (χ1v) is 12.4. The molecule has 0 bridgehead atoms. The number of aromatic nitrogens is 3. The minimum Gasteiger partial charge on any atom is -0.322 e.